The Morgan fingerprint density at radius 3 is 2.47 bits per heavy atom. The second kappa shape index (κ2) is 7.59. The standard InChI is InChI=1S/C11H15Br2NO2.ClH/c1-2-3-9(15)10(14)7-4-6(12)5-8(13)11(7)16;/h4-5,9-10,15-16H,2-3,14H2,1H3;1H/t9-,10+;/m1./s1. The third-order valence-corrected chi connectivity index (χ3v) is 3.48. The van der Waals surface area contributed by atoms with E-state index in [9.17, 15) is 10.2 Å². The van der Waals surface area contributed by atoms with Gasteiger partial charge in [0.05, 0.1) is 16.6 Å². The van der Waals surface area contributed by atoms with Crippen molar-refractivity contribution >= 4 is 44.3 Å². The van der Waals surface area contributed by atoms with Gasteiger partial charge in [0.2, 0.25) is 0 Å². The largest absolute Gasteiger partial charge is 0.506 e. The first kappa shape index (κ1) is 17.2. The molecule has 1 aromatic rings. The van der Waals surface area contributed by atoms with E-state index in [1.165, 1.54) is 0 Å². The summed E-state index contributed by atoms with van der Waals surface area (Å²) in [4.78, 5) is 0. The fourth-order valence-corrected chi connectivity index (χ4v) is 2.78. The molecule has 0 saturated heterocycles. The van der Waals surface area contributed by atoms with Crippen LogP contribution < -0.4 is 5.73 Å². The van der Waals surface area contributed by atoms with Crippen molar-refractivity contribution in [3.63, 3.8) is 0 Å². The third-order valence-electron chi connectivity index (χ3n) is 2.42. The second-order valence-corrected chi connectivity index (χ2v) is 5.48. The Kier molecular flexibility index (Phi) is 7.67. The molecule has 0 aliphatic heterocycles. The number of halogens is 3. The van der Waals surface area contributed by atoms with Crippen LogP contribution in [-0.2, 0) is 0 Å². The molecule has 0 spiro atoms. The predicted molar refractivity (Wildman–Crippen MR) is 78.6 cm³/mol. The molecule has 0 amide bonds. The highest BCUT2D eigenvalue weighted by atomic mass is 79.9. The minimum atomic E-state index is -0.642. The third kappa shape index (κ3) is 4.41. The molecule has 4 N–H and O–H groups in total. The van der Waals surface area contributed by atoms with Gasteiger partial charge in [0, 0.05) is 10.0 Å². The molecule has 17 heavy (non-hydrogen) atoms. The molecule has 0 saturated carbocycles. The van der Waals surface area contributed by atoms with Gasteiger partial charge in [-0.3, -0.25) is 0 Å². The summed E-state index contributed by atoms with van der Waals surface area (Å²) in [5.41, 5.74) is 6.46. The lowest BCUT2D eigenvalue weighted by Gasteiger charge is -2.20. The van der Waals surface area contributed by atoms with Crippen molar-refractivity contribution in [3.05, 3.63) is 26.6 Å². The maximum absolute atomic E-state index is 9.85. The van der Waals surface area contributed by atoms with Gasteiger partial charge in [0.15, 0.2) is 0 Å². The maximum Gasteiger partial charge on any atom is 0.134 e. The summed E-state index contributed by atoms with van der Waals surface area (Å²) in [7, 11) is 0. The number of aliphatic hydroxyl groups excluding tert-OH is 1. The van der Waals surface area contributed by atoms with Gasteiger partial charge in [0.25, 0.3) is 0 Å². The van der Waals surface area contributed by atoms with Gasteiger partial charge < -0.3 is 15.9 Å². The van der Waals surface area contributed by atoms with Crippen molar-refractivity contribution in [1.29, 1.82) is 0 Å². The molecule has 0 fully saturated rings. The molecule has 1 aromatic carbocycles. The molecule has 98 valence electrons. The summed E-state index contributed by atoms with van der Waals surface area (Å²) in [6, 6.07) is 2.88. The summed E-state index contributed by atoms with van der Waals surface area (Å²) in [6.07, 6.45) is 0.826. The summed E-state index contributed by atoms with van der Waals surface area (Å²) in [5, 5.41) is 19.7. The van der Waals surface area contributed by atoms with E-state index in [2.05, 4.69) is 31.9 Å². The number of aliphatic hydroxyl groups is 1. The molecule has 0 heterocycles. The molecule has 3 nitrogen and oxygen atoms in total. The van der Waals surface area contributed by atoms with Crippen molar-refractivity contribution in [2.24, 2.45) is 5.73 Å². The number of hydrogen-bond donors (Lipinski definition) is 3. The molecule has 2 atom stereocenters. The van der Waals surface area contributed by atoms with E-state index < -0.39 is 12.1 Å². The van der Waals surface area contributed by atoms with Gasteiger partial charge in [-0.25, -0.2) is 0 Å². The van der Waals surface area contributed by atoms with Crippen LogP contribution in [0, 0.1) is 0 Å². The van der Waals surface area contributed by atoms with Crippen LogP contribution >= 0.6 is 44.3 Å². The van der Waals surface area contributed by atoms with Crippen LogP contribution in [0.3, 0.4) is 0 Å². The molecule has 0 aliphatic carbocycles. The summed E-state index contributed by atoms with van der Waals surface area (Å²) >= 11 is 6.56. The number of phenolic OH excluding ortho intramolecular Hbond substituents is 1. The van der Waals surface area contributed by atoms with Crippen LogP contribution in [0.2, 0.25) is 0 Å². The Bertz CT molecular complexity index is 377. The first-order valence-electron chi connectivity index (χ1n) is 5.09. The zero-order valence-electron chi connectivity index (χ0n) is 9.36. The average Bonchev–Trinajstić information content (AvgIpc) is 2.22. The molecule has 1 rings (SSSR count). The quantitative estimate of drug-likeness (QED) is 0.738. The summed E-state index contributed by atoms with van der Waals surface area (Å²) in [5.74, 6) is 0.0888. The van der Waals surface area contributed by atoms with Crippen molar-refractivity contribution in [2.75, 3.05) is 0 Å². The van der Waals surface area contributed by atoms with Crippen molar-refractivity contribution < 1.29 is 10.2 Å². The van der Waals surface area contributed by atoms with Crippen molar-refractivity contribution in [2.45, 2.75) is 31.9 Å². The normalized spacial score (nSPS) is 13.9. The minimum absolute atomic E-state index is 0. The number of nitrogens with two attached hydrogens (primary N) is 1. The number of benzene rings is 1. The first-order chi connectivity index (χ1) is 7.47. The lowest BCUT2D eigenvalue weighted by Crippen LogP contribution is -2.26. The van der Waals surface area contributed by atoms with E-state index in [0.29, 0.717) is 16.5 Å². The second-order valence-electron chi connectivity index (χ2n) is 3.71. The van der Waals surface area contributed by atoms with Crippen LogP contribution in [-0.4, -0.2) is 16.3 Å². The highest BCUT2D eigenvalue weighted by Crippen LogP contribution is 2.35. The Morgan fingerprint density at radius 2 is 1.94 bits per heavy atom. The lowest BCUT2D eigenvalue weighted by atomic mass is 9.98. The Labute approximate surface area is 124 Å². The molecule has 0 radical (unpaired) electrons. The highest BCUT2D eigenvalue weighted by molar-refractivity contribution is 9.11. The minimum Gasteiger partial charge on any atom is -0.506 e. The van der Waals surface area contributed by atoms with Crippen LogP contribution in [0.15, 0.2) is 21.1 Å². The topological polar surface area (TPSA) is 66.5 Å². The molecule has 0 aromatic heterocycles. The van der Waals surface area contributed by atoms with Crippen molar-refractivity contribution in [1.82, 2.24) is 0 Å². The van der Waals surface area contributed by atoms with E-state index in [0.717, 1.165) is 10.9 Å². The van der Waals surface area contributed by atoms with Crippen LogP contribution in [0.4, 0.5) is 0 Å². The SMILES string of the molecule is CCC[C@@H](O)[C@@H](N)c1cc(Br)cc(Br)c1O.Cl. The van der Waals surface area contributed by atoms with Crippen LogP contribution in [0.25, 0.3) is 0 Å². The van der Waals surface area contributed by atoms with E-state index in [1.54, 1.807) is 12.1 Å². The molecular weight excluding hydrogens is 373 g/mol. The van der Waals surface area contributed by atoms with Gasteiger partial charge in [-0.05, 0) is 34.5 Å². The van der Waals surface area contributed by atoms with Crippen molar-refractivity contribution in [3.8, 4) is 5.75 Å². The monoisotopic (exact) mass is 387 g/mol. The predicted octanol–water partition coefficient (Wildman–Crippen LogP) is 3.50. The first-order valence-corrected chi connectivity index (χ1v) is 6.67. The van der Waals surface area contributed by atoms with E-state index >= 15 is 0 Å². The fraction of sp³-hybridized carbons (Fsp3) is 0.455. The number of phenols is 1. The molecular formula is C11H16Br2ClNO2. The molecule has 6 heteroatoms. The molecule has 0 aliphatic rings. The number of aromatic hydroxyl groups is 1. The van der Waals surface area contributed by atoms with Gasteiger partial charge in [0.1, 0.15) is 5.75 Å². The zero-order chi connectivity index (χ0) is 12.3. The fourth-order valence-electron chi connectivity index (χ4n) is 1.52. The van der Waals surface area contributed by atoms with Crippen LogP contribution in [0.1, 0.15) is 31.4 Å². The Hall–Kier alpha value is 0.190. The van der Waals surface area contributed by atoms with Gasteiger partial charge in [-0.2, -0.15) is 0 Å². The molecule has 0 bridgehead atoms. The van der Waals surface area contributed by atoms with E-state index in [-0.39, 0.29) is 18.2 Å². The highest BCUT2D eigenvalue weighted by Gasteiger charge is 2.20. The summed E-state index contributed by atoms with van der Waals surface area (Å²) in [6.45, 7) is 1.98. The maximum atomic E-state index is 9.85. The number of rotatable bonds is 4. The Morgan fingerprint density at radius 1 is 1.35 bits per heavy atom. The lowest BCUT2D eigenvalue weighted by molar-refractivity contribution is 0.133. The van der Waals surface area contributed by atoms with Gasteiger partial charge in [-0.1, -0.05) is 29.3 Å². The summed E-state index contributed by atoms with van der Waals surface area (Å²) < 4.78 is 1.38. The van der Waals surface area contributed by atoms with Gasteiger partial charge in [-0.15, -0.1) is 12.4 Å². The van der Waals surface area contributed by atoms with E-state index in [4.69, 9.17) is 5.73 Å². The number of hydrogen-bond acceptors (Lipinski definition) is 3. The van der Waals surface area contributed by atoms with E-state index in [1.807, 2.05) is 6.92 Å². The average molecular weight is 390 g/mol. The molecule has 0 unspecified atom stereocenters. The Balaban J connectivity index is 0.00000256. The smallest absolute Gasteiger partial charge is 0.134 e. The van der Waals surface area contributed by atoms with Crippen LogP contribution in [0.5, 0.6) is 5.75 Å². The zero-order valence-corrected chi connectivity index (χ0v) is 13.3. The van der Waals surface area contributed by atoms with Gasteiger partial charge >= 0.3 is 0 Å².